The van der Waals surface area contributed by atoms with Crippen LogP contribution in [0.25, 0.3) is 5.82 Å². The number of rotatable bonds is 3. The van der Waals surface area contributed by atoms with Crippen LogP contribution in [0.2, 0.25) is 0 Å². The molecule has 0 radical (unpaired) electrons. The number of hydrogen-bond donors (Lipinski definition) is 1. The smallest absolute Gasteiger partial charge is 0.409 e. The van der Waals surface area contributed by atoms with Crippen molar-refractivity contribution in [1.29, 1.82) is 0 Å². The summed E-state index contributed by atoms with van der Waals surface area (Å²) < 4.78 is 11.1. The minimum absolute atomic E-state index is 0.605. The van der Waals surface area contributed by atoms with Crippen molar-refractivity contribution < 1.29 is 19.1 Å². The van der Waals surface area contributed by atoms with Gasteiger partial charge in [0, 0.05) is 38.0 Å². The number of likely N-dealkylation sites (N-methyl/N-ethyl adjacent to an activating group) is 1. The molecule has 10 heteroatoms. The first-order chi connectivity index (χ1) is 14.8. The summed E-state index contributed by atoms with van der Waals surface area (Å²) in [5, 5.41) is 0.878. The lowest BCUT2D eigenvalue weighted by Gasteiger charge is -2.39. The van der Waals surface area contributed by atoms with Crippen LogP contribution in [0.5, 0.6) is 0 Å². The quantitative estimate of drug-likeness (QED) is 0.725. The predicted octanol–water partition coefficient (Wildman–Crippen LogP) is 1.72. The molecule has 1 atom stereocenters. The third-order valence-corrected chi connectivity index (χ3v) is 6.11. The molecule has 2 N–H and O–H groups in total. The maximum atomic E-state index is 13.4. The number of piperazine rings is 1. The van der Waals surface area contributed by atoms with Crippen molar-refractivity contribution in [1.82, 2.24) is 9.80 Å². The van der Waals surface area contributed by atoms with Gasteiger partial charge in [0.05, 0.1) is 16.6 Å². The van der Waals surface area contributed by atoms with Crippen LogP contribution in [0.15, 0.2) is 35.3 Å². The van der Waals surface area contributed by atoms with Crippen LogP contribution in [-0.2, 0) is 9.47 Å². The van der Waals surface area contributed by atoms with Crippen molar-refractivity contribution in [3.8, 4) is 0 Å². The largest absolute Gasteiger partial charge is 0.423 e. The lowest BCUT2D eigenvalue weighted by Crippen LogP contribution is -2.51. The summed E-state index contributed by atoms with van der Waals surface area (Å²) in [5.41, 5.74) is 6.34. The van der Waals surface area contributed by atoms with E-state index >= 15 is 0 Å². The van der Waals surface area contributed by atoms with Gasteiger partial charge in [-0.2, -0.15) is 0 Å². The second kappa shape index (κ2) is 8.56. The Hall–Kier alpha value is -3.11. The van der Waals surface area contributed by atoms with E-state index in [0.717, 1.165) is 46.8 Å². The van der Waals surface area contributed by atoms with Gasteiger partial charge in [0.2, 0.25) is 6.29 Å². The fourth-order valence-electron chi connectivity index (χ4n) is 3.73. The monoisotopic (exact) mass is 443 g/mol. The first kappa shape index (κ1) is 21.1. The second-order valence-corrected chi connectivity index (χ2v) is 8.75. The molecule has 2 aliphatic rings. The summed E-state index contributed by atoms with van der Waals surface area (Å²) in [5.74, 6) is 0.720. The molecule has 4 rings (SSSR count). The van der Waals surface area contributed by atoms with E-state index in [1.807, 2.05) is 37.3 Å². The molecular formula is C21H25N5O4S. The first-order valence-electron chi connectivity index (χ1n) is 10.0. The van der Waals surface area contributed by atoms with Crippen LogP contribution in [0.4, 0.5) is 21.0 Å². The number of carbonyl (C=O) groups is 2. The van der Waals surface area contributed by atoms with E-state index in [4.69, 9.17) is 20.2 Å². The molecule has 1 saturated heterocycles. The number of para-hydroxylation sites is 2. The SMILES string of the molecule is Cc1cc2c(s1)=Nc1ccccc1N(C(=O)OC(C)OC(N)=O)C=2N1CCN(C)CC1. The minimum atomic E-state index is -1.13. The highest BCUT2D eigenvalue weighted by molar-refractivity contribution is 7.09. The molecule has 1 aromatic heterocycles. The zero-order chi connectivity index (χ0) is 22.1. The van der Waals surface area contributed by atoms with Crippen LogP contribution in [0, 0.1) is 6.92 Å². The number of anilines is 1. The van der Waals surface area contributed by atoms with Gasteiger partial charge in [-0.05, 0) is 32.2 Å². The summed E-state index contributed by atoms with van der Waals surface area (Å²) in [7, 11) is 2.08. The normalized spacial score (nSPS) is 17.2. The molecule has 0 bridgehead atoms. The van der Waals surface area contributed by atoms with Crippen LogP contribution < -0.4 is 20.5 Å². The minimum Gasteiger partial charge on any atom is -0.409 e. The highest BCUT2D eigenvalue weighted by atomic mass is 32.1. The highest BCUT2D eigenvalue weighted by Crippen LogP contribution is 2.34. The molecule has 9 nitrogen and oxygen atoms in total. The van der Waals surface area contributed by atoms with Crippen molar-refractivity contribution in [3.05, 3.63) is 45.1 Å². The summed E-state index contributed by atoms with van der Waals surface area (Å²) in [4.78, 5) is 36.4. The van der Waals surface area contributed by atoms with Gasteiger partial charge >= 0.3 is 12.2 Å². The fraction of sp³-hybridized carbons (Fsp3) is 0.381. The zero-order valence-corrected chi connectivity index (χ0v) is 18.5. The summed E-state index contributed by atoms with van der Waals surface area (Å²) in [6.07, 6.45) is -2.80. The zero-order valence-electron chi connectivity index (χ0n) is 17.7. The Morgan fingerprint density at radius 3 is 2.58 bits per heavy atom. The molecule has 0 aliphatic carbocycles. The number of fused-ring (bicyclic) bond motifs is 2. The number of nitrogens with zero attached hydrogens (tertiary/aromatic N) is 4. The molecule has 2 aromatic rings. The van der Waals surface area contributed by atoms with Gasteiger partial charge in [-0.25, -0.2) is 19.5 Å². The molecule has 1 aromatic carbocycles. The van der Waals surface area contributed by atoms with E-state index in [1.165, 1.54) is 11.8 Å². The van der Waals surface area contributed by atoms with Crippen LogP contribution in [0.1, 0.15) is 11.8 Å². The standard InChI is InChI=1S/C21H25N5O4S/c1-13-12-15-18(31-13)23-16-6-4-5-7-17(16)26(21(28)30-14(2)29-20(22)27)19(15)25-10-8-24(3)9-11-25/h4-7,12,14H,8-11H2,1-3H3,(H2,22,27). The van der Waals surface area contributed by atoms with E-state index in [-0.39, 0.29) is 0 Å². The number of carbonyl (C=O) groups excluding carboxylic acids is 2. The van der Waals surface area contributed by atoms with Gasteiger partial charge < -0.3 is 25.0 Å². The van der Waals surface area contributed by atoms with Crippen LogP contribution >= 0.6 is 11.3 Å². The highest BCUT2D eigenvalue weighted by Gasteiger charge is 2.33. The molecule has 0 saturated carbocycles. The number of aryl methyl sites for hydroxylation is 1. The third kappa shape index (κ3) is 4.35. The maximum absolute atomic E-state index is 13.4. The number of benzene rings is 1. The number of amides is 2. The average Bonchev–Trinajstić information content (AvgIpc) is 3.00. The third-order valence-electron chi connectivity index (χ3n) is 5.17. The summed E-state index contributed by atoms with van der Waals surface area (Å²) >= 11 is 1.58. The van der Waals surface area contributed by atoms with Crippen LogP contribution in [-0.4, -0.2) is 61.5 Å². The Balaban J connectivity index is 1.87. The molecule has 2 amide bonds. The number of ether oxygens (including phenoxy) is 2. The van der Waals surface area contributed by atoms with Crippen molar-refractivity contribution in [2.45, 2.75) is 20.1 Å². The topological polar surface area (TPSA) is 101 Å². The van der Waals surface area contributed by atoms with Gasteiger partial charge in [0.1, 0.15) is 10.5 Å². The second-order valence-electron chi connectivity index (χ2n) is 7.51. The molecule has 3 heterocycles. The Labute approximate surface area is 184 Å². The molecule has 0 spiro atoms. The Kier molecular flexibility index (Phi) is 5.84. The fourth-order valence-corrected chi connectivity index (χ4v) is 4.62. The number of thiophene rings is 1. The predicted molar refractivity (Wildman–Crippen MR) is 118 cm³/mol. The van der Waals surface area contributed by atoms with E-state index < -0.39 is 18.5 Å². The van der Waals surface area contributed by atoms with Crippen molar-refractivity contribution in [2.24, 2.45) is 10.7 Å². The Morgan fingerprint density at radius 2 is 1.87 bits per heavy atom. The van der Waals surface area contributed by atoms with Gasteiger partial charge in [-0.1, -0.05) is 12.1 Å². The Bertz CT molecular complexity index is 1120. The Morgan fingerprint density at radius 1 is 1.16 bits per heavy atom. The van der Waals surface area contributed by atoms with Gasteiger partial charge in [-0.15, -0.1) is 11.3 Å². The van der Waals surface area contributed by atoms with Crippen molar-refractivity contribution in [3.63, 3.8) is 0 Å². The van der Waals surface area contributed by atoms with Crippen molar-refractivity contribution >= 4 is 40.7 Å². The summed E-state index contributed by atoms with van der Waals surface area (Å²) in [6, 6.07) is 9.48. The first-order valence-corrected chi connectivity index (χ1v) is 10.8. The van der Waals surface area contributed by atoms with Crippen LogP contribution in [0.3, 0.4) is 0 Å². The number of nitrogens with two attached hydrogens (primary N) is 1. The molecule has 1 unspecified atom stereocenters. The lowest BCUT2D eigenvalue weighted by atomic mass is 10.2. The van der Waals surface area contributed by atoms with E-state index in [1.54, 1.807) is 11.3 Å². The van der Waals surface area contributed by atoms with Gasteiger partial charge in [0.25, 0.3) is 0 Å². The molecule has 1 fully saturated rings. The molecular weight excluding hydrogens is 418 g/mol. The molecule has 164 valence electrons. The summed E-state index contributed by atoms with van der Waals surface area (Å²) in [6.45, 7) is 6.70. The average molecular weight is 444 g/mol. The van der Waals surface area contributed by atoms with E-state index in [0.29, 0.717) is 11.4 Å². The molecule has 31 heavy (non-hydrogen) atoms. The maximum Gasteiger partial charge on any atom is 0.423 e. The van der Waals surface area contributed by atoms with E-state index in [2.05, 4.69) is 16.8 Å². The number of hydrogen-bond acceptors (Lipinski definition) is 8. The van der Waals surface area contributed by atoms with Gasteiger partial charge in [0.15, 0.2) is 0 Å². The molecule has 2 aliphatic heterocycles. The van der Waals surface area contributed by atoms with E-state index in [9.17, 15) is 9.59 Å². The van der Waals surface area contributed by atoms with Crippen molar-refractivity contribution in [2.75, 3.05) is 38.1 Å². The van der Waals surface area contributed by atoms with Gasteiger partial charge in [-0.3, -0.25) is 0 Å². The lowest BCUT2D eigenvalue weighted by molar-refractivity contribution is -0.0419. The number of primary amides is 1.